The van der Waals surface area contributed by atoms with E-state index in [4.69, 9.17) is 4.74 Å². The highest BCUT2D eigenvalue weighted by atomic mass is 32.2. The molecule has 1 fully saturated rings. The van der Waals surface area contributed by atoms with Crippen LogP contribution in [0.15, 0.2) is 29.2 Å². The molecule has 1 saturated heterocycles. The van der Waals surface area contributed by atoms with Crippen LogP contribution in [0.2, 0.25) is 0 Å². The Balaban J connectivity index is 2.13. The second-order valence-corrected chi connectivity index (χ2v) is 6.69. The molecule has 0 aliphatic carbocycles. The van der Waals surface area contributed by atoms with E-state index in [1.54, 1.807) is 12.1 Å². The summed E-state index contributed by atoms with van der Waals surface area (Å²) in [5, 5.41) is 9.89. The summed E-state index contributed by atoms with van der Waals surface area (Å²) < 4.78 is 31.1. The van der Waals surface area contributed by atoms with Gasteiger partial charge in [-0.15, -0.1) is 0 Å². The van der Waals surface area contributed by atoms with E-state index in [0.29, 0.717) is 18.8 Å². The van der Waals surface area contributed by atoms with E-state index >= 15 is 0 Å². The molecule has 0 spiro atoms. The van der Waals surface area contributed by atoms with Gasteiger partial charge in [0.15, 0.2) is 0 Å². The van der Waals surface area contributed by atoms with E-state index < -0.39 is 15.6 Å². The molecule has 2 rings (SSSR count). The van der Waals surface area contributed by atoms with Crippen molar-refractivity contribution in [1.82, 2.24) is 4.31 Å². The third-order valence-corrected chi connectivity index (χ3v) is 5.18. The van der Waals surface area contributed by atoms with Crippen LogP contribution in [0.3, 0.4) is 0 Å². The molecule has 1 aromatic carbocycles. The van der Waals surface area contributed by atoms with Crippen molar-refractivity contribution in [2.45, 2.75) is 30.8 Å². The first-order chi connectivity index (χ1) is 8.91. The van der Waals surface area contributed by atoms with Gasteiger partial charge in [-0.2, -0.15) is 4.31 Å². The Labute approximate surface area is 113 Å². The fraction of sp³-hybridized carbons (Fsp3) is 0.538. The molecule has 5 nitrogen and oxygen atoms in total. The summed E-state index contributed by atoms with van der Waals surface area (Å²) in [6.45, 7) is 4.59. The van der Waals surface area contributed by atoms with E-state index in [1.165, 1.54) is 16.4 Å². The van der Waals surface area contributed by atoms with E-state index in [0.717, 1.165) is 0 Å². The minimum Gasteiger partial charge on any atom is -0.494 e. The zero-order valence-corrected chi connectivity index (χ0v) is 12.0. The molecular weight excluding hydrogens is 266 g/mol. The van der Waals surface area contributed by atoms with Gasteiger partial charge < -0.3 is 9.84 Å². The molecule has 106 valence electrons. The SMILES string of the molecule is CCOc1ccc(S(=O)(=O)N2CC(O)(CC)C2)cc1. The van der Waals surface area contributed by atoms with Crippen LogP contribution in [0.25, 0.3) is 0 Å². The number of hydrogen-bond donors (Lipinski definition) is 1. The van der Waals surface area contributed by atoms with E-state index in [2.05, 4.69) is 0 Å². The molecule has 0 radical (unpaired) electrons. The normalized spacial score (nSPS) is 18.9. The zero-order valence-electron chi connectivity index (χ0n) is 11.2. The molecule has 0 saturated carbocycles. The predicted octanol–water partition coefficient (Wildman–Crippen LogP) is 1.23. The Bertz CT molecular complexity index is 532. The molecule has 0 bridgehead atoms. The molecule has 1 N–H and O–H groups in total. The maximum absolute atomic E-state index is 12.3. The molecule has 0 amide bonds. The molecule has 0 aromatic heterocycles. The molecule has 6 heteroatoms. The minimum absolute atomic E-state index is 0.166. The van der Waals surface area contributed by atoms with Crippen LogP contribution in [0.5, 0.6) is 5.75 Å². The number of β-amino-alcohol motifs (C(OH)–C–C–N with tert-alkyl or cyclic N) is 1. The van der Waals surface area contributed by atoms with Crippen LogP contribution in [-0.2, 0) is 10.0 Å². The van der Waals surface area contributed by atoms with Gasteiger partial charge in [0, 0.05) is 13.1 Å². The van der Waals surface area contributed by atoms with Crippen molar-refractivity contribution >= 4 is 10.0 Å². The van der Waals surface area contributed by atoms with E-state index in [9.17, 15) is 13.5 Å². The fourth-order valence-corrected chi connectivity index (χ4v) is 3.63. The fourth-order valence-electron chi connectivity index (χ4n) is 2.03. The van der Waals surface area contributed by atoms with Gasteiger partial charge in [0.25, 0.3) is 0 Å². The number of aliphatic hydroxyl groups is 1. The second kappa shape index (κ2) is 5.11. The third kappa shape index (κ3) is 2.75. The summed E-state index contributed by atoms with van der Waals surface area (Å²) in [6, 6.07) is 6.34. The van der Waals surface area contributed by atoms with Crippen LogP contribution in [0, 0.1) is 0 Å². The van der Waals surface area contributed by atoms with Gasteiger partial charge in [-0.1, -0.05) is 6.92 Å². The van der Waals surface area contributed by atoms with Crippen molar-refractivity contribution in [3.05, 3.63) is 24.3 Å². The number of ether oxygens (including phenoxy) is 1. The number of hydrogen-bond acceptors (Lipinski definition) is 4. The molecule has 1 aliphatic rings. The monoisotopic (exact) mass is 285 g/mol. The van der Waals surface area contributed by atoms with Crippen LogP contribution < -0.4 is 4.74 Å². The van der Waals surface area contributed by atoms with Crippen LogP contribution in [0.4, 0.5) is 0 Å². The Morgan fingerprint density at radius 2 is 1.84 bits per heavy atom. The average Bonchev–Trinajstić information content (AvgIpc) is 2.36. The molecule has 0 unspecified atom stereocenters. The first-order valence-corrected chi connectivity index (χ1v) is 7.81. The van der Waals surface area contributed by atoms with Crippen molar-refractivity contribution in [3.63, 3.8) is 0 Å². The van der Waals surface area contributed by atoms with Gasteiger partial charge in [-0.3, -0.25) is 0 Å². The van der Waals surface area contributed by atoms with E-state index in [-0.39, 0.29) is 18.0 Å². The minimum atomic E-state index is -3.50. The van der Waals surface area contributed by atoms with Crippen molar-refractivity contribution in [2.24, 2.45) is 0 Å². The molecule has 1 aliphatic heterocycles. The van der Waals surface area contributed by atoms with Gasteiger partial charge >= 0.3 is 0 Å². The first kappa shape index (κ1) is 14.3. The molecule has 19 heavy (non-hydrogen) atoms. The van der Waals surface area contributed by atoms with Crippen molar-refractivity contribution in [2.75, 3.05) is 19.7 Å². The molecule has 1 aromatic rings. The second-order valence-electron chi connectivity index (χ2n) is 4.76. The number of nitrogens with zero attached hydrogens (tertiary/aromatic N) is 1. The summed E-state index contributed by atoms with van der Waals surface area (Å²) >= 11 is 0. The van der Waals surface area contributed by atoms with Gasteiger partial charge in [0.2, 0.25) is 10.0 Å². The number of benzene rings is 1. The van der Waals surface area contributed by atoms with Crippen molar-refractivity contribution < 1.29 is 18.3 Å². The summed E-state index contributed by atoms with van der Waals surface area (Å²) in [4.78, 5) is 0.231. The molecule has 1 heterocycles. The zero-order chi connectivity index (χ0) is 14.1. The largest absolute Gasteiger partial charge is 0.494 e. The van der Waals surface area contributed by atoms with Crippen LogP contribution >= 0.6 is 0 Å². The maximum atomic E-state index is 12.3. The van der Waals surface area contributed by atoms with Crippen molar-refractivity contribution in [3.8, 4) is 5.75 Å². The number of sulfonamides is 1. The maximum Gasteiger partial charge on any atom is 0.243 e. The lowest BCUT2D eigenvalue weighted by atomic mass is 9.94. The highest BCUT2D eigenvalue weighted by Gasteiger charge is 2.45. The Hall–Kier alpha value is -1.11. The third-order valence-electron chi connectivity index (χ3n) is 3.37. The lowest BCUT2D eigenvalue weighted by molar-refractivity contribution is -0.0613. The smallest absolute Gasteiger partial charge is 0.243 e. The topological polar surface area (TPSA) is 66.8 Å². The van der Waals surface area contributed by atoms with Gasteiger partial charge in [-0.05, 0) is 37.6 Å². The standard InChI is InChI=1S/C13H19NO4S/c1-3-13(15)9-14(10-13)19(16,17)12-7-5-11(6-8-12)18-4-2/h5-8,15H,3-4,9-10H2,1-2H3. The first-order valence-electron chi connectivity index (χ1n) is 6.37. The lowest BCUT2D eigenvalue weighted by Crippen LogP contribution is -2.62. The van der Waals surface area contributed by atoms with E-state index in [1.807, 2.05) is 13.8 Å². The molecular formula is C13H19NO4S. The predicted molar refractivity (Wildman–Crippen MR) is 71.6 cm³/mol. The summed E-state index contributed by atoms with van der Waals surface area (Å²) in [7, 11) is -3.50. The average molecular weight is 285 g/mol. The summed E-state index contributed by atoms with van der Waals surface area (Å²) in [5.41, 5.74) is -0.863. The quantitative estimate of drug-likeness (QED) is 0.883. The summed E-state index contributed by atoms with van der Waals surface area (Å²) in [5.74, 6) is 0.648. The highest BCUT2D eigenvalue weighted by molar-refractivity contribution is 7.89. The van der Waals surface area contributed by atoms with Gasteiger partial charge in [-0.25, -0.2) is 8.42 Å². The Morgan fingerprint density at radius 1 is 1.26 bits per heavy atom. The lowest BCUT2D eigenvalue weighted by Gasteiger charge is -2.44. The van der Waals surface area contributed by atoms with Gasteiger partial charge in [0.1, 0.15) is 5.75 Å². The number of rotatable bonds is 5. The Morgan fingerprint density at radius 3 is 2.32 bits per heavy atom. The van der Waals surface area contributed by atoms with Crippen LogP contribution in [-0.4, -0.2) is 43.1 Å². The highest BCUT2D eigenvalue weighted by Crippen LogP contribution is 2.30. The van der Waals surface area contributed by atoms with Gasteiger partial charge in [0.05, 0.1) is 17.1 Å². The summed E-state index contributed by atoms with van der Waals surface area (Å²) in [6.07, 6.45) is 0.558. The Kier molecular flexibility index (Phi) is 3.85. The molecule has 0 atom stereocenters. The van der Waals surface area contributed by atoms with Crippen LogP contribution in [0.1, 0.15) is 20.3 Å². The van der Waals surface area contributed by atoms with Crippen molar-refractivity contribution in [1.29, 1.82) is 0 Å².